The van der Waals surface area contributed by atoms with Gasteiger partial charge in [0.2, 0.25) is 0 Å². The third-order valence-corrected chi connectivity index (χ3v) is 3.78. The van der Waals surface area contributed by atoms with Gasteiger partial charge >= 0.3 is 5.97 Å². The van der Waals surface area contributed by atoms with E-state index >= 15 is 0 Å². The molecule has 0 atom stereocenters. The first-order valence-electron chi connectivity index (χ1n) is 7.53. The molecule has 0 aliphatic heterocycles. The Morgan fingerprint density at radius 3 is 2.40 bits per heavy atom. The molecule has 25 heavy (non-hydrogen) atoms. The Kier molecular flexibility index (Phi) is 4.95. The quantitative estimate of drug-likeness (QED) is 0.506. The number of hydrogen-bond acceptors (Lipinski definition) is 5. The fourth-order valence-corrected chi connectivity index (χ4v) is 2.45. The Morgan fingerprint density at radius 1 is 1.08 bits per heavy atom. The molecule has 3 rings (SSSR count). The summed E-state index contributed by atoms with van der Waals surface area (Å²) < 4.78 is 10.2. The summed E-state index contributed by atoms with van der Waals surface area (Å²) >= 11 is 5.85. The van der Waals surface area contributed by atoms with Crippen LogP contribution in [0.3, 0.4) is 0 Å². The molecule has 6 heteroatoms. The number of carbonyl (C=O) groups is 2. The van der Waals surface area contributed by atoms with Crippen LogP contribution in [0.2, 0.25) is 5.02 Å². The summed E-state index contributed by atoms with van der Waals surface area (Å²) in [6.07, 6.45) is 0. The first kappa shape index (κ1) is 16.9. The largest absolute Gasteiger partial charge is 0.455 e. The van der Waals surface area contributed by atoms with Gasteiger partial charge < -0.3 is 9.26 Å². The zero-order chi connectivity index (χ0) is 17.8. The summed E-state index contributed by atoms with van der Waals surface area (Å²) in [7, 11) is 0. The SMILES string of the molecule is Cc1cc(COC(=O)c2ccccc2C(=O)c2ccc(Cl)cc2)no1. The van der Waals surface area contributed by atoms with Crippen molar-refractivity contribution in [2.75, 3.05) is 0 Å². The molecule has 2 aromatic carbocycles. The minimum Gasteiger partial charge on any atom is -0.455 e. The van der Waals surface area contributed by atoms with Crippen LogP contribution in [0.15, 0.2) is 59.1 Å². The van der Waals surface area contributed by atoms with Crippen molar-refractivity contribution in [1.29, 1.82) is 0 Å². The molecule has 0 N–H and O–H groups in total. The number of aromatic nitrogens is 1. The molecule has 1 aromatic heterocycles. The molecule has 0 radical (unpaired) electrons. The first-order chi connectivity index (χ1) is 12.0. The molecule has 5 nitrogen and oxygen atoms in total. The lowest BCUT2D eigenvalue weighted by Gasteiger charge is -2.08. The monoisotopic (exact) mass is 355 g/mol. The molecule has 0 saturated heterocycles. The van der Waals surface area contributed by atoms with E-state index < -0.39 is 5.97 Å². The highest BCUT2D eigenvalue weighted by Crippen LogP contribution is 2.18. The molecule has 1 heterocycles. The van der Waals surface area contributed by atoms with Crippen LogP contribution in [0, 0.1) is 6.92 Å². The lowest BCUT2D eigenvalue weighted by molar-refractivity contribution is 0.0461. The average molecular weight is 356 g/mol. The van der Waals surface area contributed by atoms with Crippen molar-refractivity contribution in [3.63, 3.8) is 0 Å². The molecule has 0 amide bonds. The van der Waals surface area contributed by atoms with Crippen LogP contribution < -0.4 is 0 Å². The van der Waals surface area contributed by atoms with Crippen LogP contribution in [0.4, 0.5) is 0 Å². The summed E-state index contributed by atoms with van der Waals surface area (Å²) in [4.78, 5) is 25.1. The van der Waals surface area contributed by atoms with Crippen molar-refractivity contribution in [2.24, 2.45) is 0 Å². The van der Waals surface area contributed by atoms with Gasteiger partial charge in [0.25, 0.3) is 0 Å². The van der Waals surface area contributed by atoms with Crippen molar-refractivity contribution in [3.8, 4) is 0 Å². The summed E-state index contributed by atoms with van der Waals surface area (Å²) in [5.41, 5.74) is 1.41. The number of nitrogens with zero attached hydrogens (tertiary/aromatic N) is 1. The van der Waals surface area contributed by atoms with Gasteiger partial charge in [0.05, 0.1) is 5.56 Å². The Bertz CT molecular complexity index is 915. The predicted molar refractivity (Wildman–Crippen MR) is 91.7 cm³/mol. The van der Waals surface area contributed by atoms with Crippen molar-refractivity contribution in [1.82, 2.24) is 5.16 Å². The topological polar surface area (TPSA) is 69.4 Å². The molecule has 3 aromatic rings. The Balaban J connectivity index is 1.81. The van der Waals surface area contributed by atoms with Gasteiger partial charge in [0.1, 0.15) is 18.1 Å². The lowest BCUT2D eigenvalue weighted by Crippen LogP contribution is -2.12. The zero-order valence-electron chi connectivity index (χ0n) is 13.4. The Labute approximate surface area is 149 Å². The van der Waals surface area contributed by atoms with E-state index in [0.29, 0.717) is 22.0 Å². The molecule has 0 aliphatic rings. The van der Waals surface area contributed by atoms with Crippen LogP contribution in [0.5, 0.6) is 0 Å². The zero-order valence-corrected chi connectivity index (χ0v) is 14.1. The van der Waals surface area contributed by atoms with E-state index in [-0.39, 0.29) is 23.5 Å². The number of aryl methyl sites for hydroxylation is 1. The van der Waals surface area contributed by atoms with E-state index in [4.69, 9.17) is 20.9 Å². The fourth-order valence-electron chi connectivity index (χ4n) is 2.32. The standard InChI is InChI=1S/C19H14ClNO4/c1-12-10-15(21-25-12)11-24-19(23)17-5-3-2-4-16(17)18(22)13-6-8-14(20)9-7-13/h2-10H,11H2,1H3. The van der Waals surface area contributed by atoms with Gasteiger partial charge in [-0.15, -0.1) is 0 Å². The minimum atomic E-state index is -0.599. The number of carbonyl (C=O) groups excluding carboxylic acids is 2. The Hall–Kier alpha value is -2.92. The molecule has 0 fully saturated rings. The van der Waals surface area contributed by atoms with E-state index in [0.717, 1.165) is 0 Å². The number of ketones is 1. The van der Waals surface area contributed by atoms with Gasteiger partial charge in [-0.1, -0.05) is 35.0 Å². The van der Waals surface area contributed by atoms with E-state index in [1.54, 1.807) is 61.5 Å². The van der Waals surface area contributed by atoms with Gasteiger partial charge in [0, 0.05) is 22.2 Å². The summed E-state index contributed by atoms with van der Waals surface area (Å²) in [5.74, 6) is -0.246. The summed E-state index contributed by atoms with van der Waals surface area (Å²) in [5, 5.41) is 4.30. The molecular formula is C19H14ClNO4. The molecule has 0 aliphatic carbocycles. The summed E-state index contributed by atoms with van der Waals surface area (Å²) in [6, 6.07) is 14.7. The smallest absolute Gasteiger partial charge is 0.339 e. The summed E-state index contributed by atoms with van der Waals surface area (Å²) in [6.45, 7) is 1.72. The maximum Gasteiger partial charge on any atom is 0.339 e. The number of hydrogen-bond donors (Lipinski definition) is 0. The van der Waals surface area contributed by atoms with Crippen molar-refractivity contribution in [3.05, 3.63) is 87.8 Å². The van der Waals surface area contributed by atoms with E-state index in [1.165, 1.54) is 0 Å². The van der Waals surface area contributed by atoms with Crippen LogP contribution in [-0.4, -0.2) is 16.9 Å². The van der Waals surface area contributed by atoms with Crippen LogP contribution in [0.25, 0.3) is 0 Å². The molecule has 126 valence electrons. The van der Waals surface area contributed by atoms with Crippen molar-refractivity contribution in [2.45, 2.75) is 13.5 Å². The Morgan fingerprint density at radius 2 is 1.76 bits per heavy atom. The van der Waals surface area contributed by atoms with Gasteiger partial charge in [-0.25, -0.2) is 4.79 Å². The van der Waals surface area contributed by atoms with E-state index in [2.05, 4.69) is 5.16 Å². The normalized spacial score (nSPS) is 10.5. The van der Waals surface area contributed by atoms with Crippen LogP contribution in [-0.2, 0) is 11.3 Å². The number of rotatable bonds is 5. The third-order valence-electron chi connectivity index (χ3n) is 3.53. The first-order valence-corrected chi connectivity index (χ1v) is 7.91. The molecule has 0 saturated carbocycles. The average Bonchev–Trinajstić information content (AvgIpc) is 3.05. The van der Waals surface area contributed by atoms with Crippen LogP contribution >= 0.6 is 11.6 Å². The second-order valence-corrected chi connectivity index (χ2v) is 5.82. The van der Waals surface area contributed by atoms with Gasteiger partial charge in [-0.05, 0) is 37.3 Å². The third kappa shape index (κ3) is 3.95. The molecule has 0 unspecified atom stereocenters. The number of halogens is 1. The minimum absolute atomic E-state index is 0.0281. The maximum absolute atomic E-state index is 12.7. The number of benzene rings is 2. The molecule has 0 spiro atoms. The predicted octanol–water partition coefficient (Wildman–Crippen LogP) is 4.22. The highest BCUT2D eigenvalue weighted by atomic mass is 35.5. The van der Waals surface area contributed by atoms with Crippen molar-refractivity contribution < 1.29 is 18.8 Å². The van der Waals surface area contributed by atoms with Gasteiger partial charge in [0.15, 0.2) is 5.78 Å². The molecule has 0 bridgehead atoms. The van der Waals surface area contributed by atoms with Gasteiger partial charge in [-0.2, -0.15) is 0 Å². The number of ether oxygens (including phenoxy) is 1. The highest BCUT2D eigenvalue weighted by Gasteiger charge is 2.19. The fraction of sp³-hybridized carbons (Fsp3) is 0.105. The number of esters is 1. The second kappa shape index (κ2) is 7.32. The lowest BCUT2D eigenvalue weighted by atomic mass is 9.98. The highest BCUT2D eigenvalue weighted by molar-refractivity contribution is 6.30. The van der Waals surface area contributed by atoms with Gasteiger partial charge in [-0.3, -0.25) is 4.79 Å². The second-order valence-electron chi connectivity index (χ2n) is 5.39. The molecular weight excluding hydrogens is 342 g/mol. The van der Waals surface area contributed by atoms with Crippen LogP contribution in [0.1, 0.15) is 37.7 Å². The van der Waals surface area contributed by atoms with E-state index in [9.17, 15) is 9.59 Å². The maximum atomic E-state index is 12.7. The van der Waals surface area contributed by atoms with E-state index in [1.807, 2.05) is 0 Å². The van der Waals surface area contributed by atoms with Crippen molar-refractivity contribution >= 4 is 23.4 Å².